The third-order valence-electron chi connectivity index (χ3n) is 2.25. The van der Waals surface area contributed by atoms with Crippen molar-refractivity contribution in [1.82, 2.24) is 4.98 Å². The van der Waals surface area contributed by atoms with E-state index in [0.717, 1.165) is 0 Å². The highest BCUT2D eigenvalue weighted by molar-refractivity contribution is 6.36. The Morgan fingerprint density at radius 1 is 1.21 bits per heavy atom. The van der Waals surface area contributed by atoms with Gasteiger partial charge in [0, 0.05) is 16.8 Å². The van der Waals surface area contributed by atoms with Crippen LogP contribution in [0.2, 0.25) is 15.1 Å². The first kappa shape index (κ1) is 13.9. The van der Waals surface area contributed by atoms with Crippen LogP contribution in [-0.2, 0) is 0 Å². The number of nitrogen functional groups attached to an aromatic ring is 1. The summed E-state index contributed by atoms with van der Waals surface area (Å²) in [6.07, 6.45) is 1.45. The van der Waals surface area contributed by atoms with E-state index in [0.29, 0.717) is 21.4 Å². The molecule has 1 aromatic carbocycles. The maximum Gasteiger partial charge on any atom is 0.238 e. The summed E-state index contributed by atoms with van der Waals surface area (Å²) in [4.78, 5) is 3.98. The zero-order chi connectivity index (χ0) is 14.0. The average molecular weight is 317 g/mol. The van der Waals surface area contributed by atoms with E-state index < -0.39 is 0 Å². The van der Waals surface area contributed by atoms with Crippen LogP contribution in [0.1, 0.15) is 5.56 Å². The maximum atomic E-state index is 7.39. The van der Waals surface area contributed by atoms with E-state index in [9.17, 15) is 0 Å². The third-order valence-corrected chi connectivity index (χ3v) is 3.14. The number of ether oxygens (including phenoxy) is 1. The molecule has 0 saturated carbocycles. The zero-order valence-electron chi connectivity index (χ0n) is 9.45. The molecule has 0 saturated heterocycles. The summed E-state index contributed by atoms with van der Waals surface area (Å²) in [7, 11) is 0. The number of halogens is 3. The van der Waals surface area contributed by atoms with Crippen LogP contribution >= 0.6 is 34.8 Å². The zero-order valence-corrected chi connectivity index (χ0v) is 11.7. The minimum atomic E-state index is -0.167. The molecule has 2 rings (SSSR count). The van der Waals surface area contributed by atoms with Crippen molar-refractivity contribution in [2.45, 2.75) is 0 Å². The van der Waals surface area contributed by atoms with Gasteiger partial charge >= 0.3 is 0 Å². The smallest absolute Gasteiger partial charge is 0.238 e. The van der Waals surface area contributed by atoms with E-state index in [4.69, 9.17) is 50.7 Å². The molecule has 0 aliphatic rings. The first-order valence-corrected chi connectivity index (χ1v) is 6.24. The molecule has 2 aromatic rings. The number of hydrogen-bond acceptors (Lipinski definition) is 3. The second-order valence-electron chi connectivity index (χ2n) is 3.57. The second kappa shape index (κ2) is 5.65. The Morgan fingerprint density at radius 2 is 1.95 bits per heavy atom. The molecule has 0 aliphatic carbocycles. The lowest BCUT2D eigenvalue weighted by Crippen LogP contribution is -2.12. The van der Waals surface area contributed by atoms with Crippen LogP contribution in [0.15, 0.2) is 30.5 Å². The summed E-state index contributed by atoms with van der Waals surface area (Å²) >= 11 is 17.8. The highest BCUT2D eigenvalue weighted by Crippen LogP contribution is 2.34. The van der Waals surface area contributed by atoms with Gasteiger partial charge in [-0.1, -0.05) is 34.8 Å². The molecule has 19 heavy (non-hydrogen) atoms. The molecule has 0 unspecified atom stereocenters. The Bertz CT molecular complexity index is 646. The van der Waals surface area contributed by atoms with Crippen LogP contribution < -0.4 is 10.5 Å². The molecule has 7 heteroatoms. The molecule has 0 spiro atoms. The van der Waals surface area contributed by atoms with Gasteiger partial charge in [-0.2, -0.15) is 0 Å². The number of nitrogens with zero attached hydrogens (tertiary/aromatic N) is 1. The summed E-state index contributed by atoms with van der Waals surface area (Å²) in [5.74, 6) is 0.319. The Morgan fingerprint density at radius 3 is 2.58 bits per heavy atom. The van der Waals surface area contributed by atoms with E-state index in [1.54, 1.807) is 18.2 Å². The Kier molecular flexibility index (Phi) is 4.14. The fourth-order valence-electron chi connectivity index (χ4n) is 1.37. The van der Waals surface area contributed by atoms with Gasteiger partial charge in [0.25, 0.3) is 0 Å². The number of rotatable bonds is 3. The summed E-state index contributed by atoms with van der Waals surface area (Å²) < 4.78 is 5.50. The highest BCUT2D eigenvalue weighted by atomic mass is 35.5. The van der Waals surface area contributed by atoms with E-state index in [1.807, 2.05) is 0 Å². The number of aromatic nitrogens is 1. The van der Waals surface area contributed by atoms with Crippen molar-refractivity contribution < 1.29 is 4.74 Å². The van der Waals surface area contributed by atoms with Gasteiger partial charge in [-0.25, -0.2) is 4.98 Å². The second-order valence-corrected chi connectivity index (χ2v) is 4.79. The van der Waals surface area contributed by atoms with Gasteiger partial charge in [0.05, 0.1) is 5.02 Å². The number of benzene rings is 1. The van der Waals surface area contributed by atoms with Gasteiger partial charge in [-0.15, -0.1) is 0 Å². The van der Waals surface area contributed by atoms with Crippen molar-refractivity contribution in [3.63, 3.8) is 0 Å². The van der Waals surface area contributed by atoms with E-state index in [2.05, 4.69) is 4.98 Å². The number of hydrogen-bond donors (Lipinski definition) is 2. The van der Waals surface area contributed by atoms with Gasteiger partial charge < -0.3 is 10.5 Å². The lowest BCUT2D eigenvalue weighted by molar-refractivity contribution is 0.463. The van der Waals surface area contributed by atoms with E-state index in [-0.39, 0.29) is 16.7 Å². The van der Waals surface area contributed by atoms with Gasteiger partial charge in [0.1, 0.15) is 16.6 Å². The predicted molar refractivity (Wildman–Crippen MR) is 76.8 cm³/mol. The minimum absolute atomic E-state index is 0.124. The summed E-state index contributed by atoms with van der Waals surface area (Å²) in [5.41, 5.74) is 5.74. The van der Waals surface area contributed by atoms with Crippen molar-refractivity contribution >= 4 is 40.6 Å². The van der Waals surface area contributed by atoms with E-state index >= 15 is 0 Å². The van der Waals surface area contributed by atoms with Crippen molar-refractivity contribution in [2.24, 2.45) is 5.73 Å². The van der Waals surface area contributed by atoms with Crippen molar-refractivity contribution in [3.8, 4) is 11.6 Å². The molecule has 98 valence electrons. The molecule has 0 bridgehead atoms. The fourth-order valence-corrected chi connectivity index (χ4v) is 2.07. The minimum Gasteiger partial charge on any atom is -0.436 e. The molecule has 0 aliphatic heterocycles. The number of amidine groups is 1. The van der Waals surface area contributed by atoms with Crippen molar-refractivity contribution in [1.29, 1.82) is 5.41 Å². The standard InChI is InChI=1S/C12H8Cl3N3O/c13-6-1-2-9(8(14)5-6)19-12-10(15)7(11(16)17)3-4-18-12/h1-5H,(H3,16,17). The van der Waals surface area contributed by atoms with Gasteiger partial charge in [-0.3, -0.25) is 5.41 Å². The molecule has 1 heterocycles. The summed E-state index contributed by atoms with van der Waals surface area (Å²) in [6, 6.07) is 6.30. The maximum absolute atomic E-state index is 7.39. The van der Waals surface area contributed by atoms with Crippen LogP contribution in [0.3, 0.4) is 0 Å². The molecule has 0 atom stereocenters. The van der Waals surface area contributed by atoms with Crippen LogP contribution in [0.5, 0.6) is 11.6 Å². The predicted octanol–water partition coefficient (Wildman–Crippen LogP) is 4.12. The third kappa shape index (κ3) is 3.10. The van der Waals surface area contributed by atoms with E-state index in [1.165, 1.54) is 12.3 Å². The van der Waals surface area contributed by atoms with Crippen LogP contribution in [0, 0.1) is 5.41 Å². The SMILES string of the molecule is N=C(N)c1ccnc(Oc2ccc(Cl)cc2Cl)c1Cl. The Hall–Kier alpha value is -1.49. The van der Waals surface area contributed by atoms with Gasteiger partial charge in [-0.05, 0) is 24.3 Å². The lowest BCUT2D eigenvalue weighted by atomic mass is 10.2. The molecular formula is C12H8Cl3N3O. The first-order chi connectivity index (χ1) is 8.99. The number of nitrogens with two attached hydrogens (primary N) is 1. The van der Waals surface area contributed by atoms with Crippen molar-refractivity contribution in [2.75, 3.05) is 0 Å². The monoisotopic (exact) mass is 315 g/mol. The molecule has 0 radical (unpaired) electrons. The van der Waals surface area contributed by atoms with Gasteiger partial charge in [0.15, 0.2) is 0 Å². The average Bonchev–Trinajstić information content (AvgIpc) is 2.34. The van der Waals surface area contributed by atoms with Crippen LogP contribution in [0.4, 0.5) is 0 Å². The molecule has 3 N–H and O–H groups in total. The van der Waals surface area contributed by atoms with Crippen LogP contribution in [0.25, 0.3) is 0 Å². The summed E-state index contributed by atoms with van der Waals surface area (Å²) in [6.45, 7) is 0. The normalized spacial score (nSPS) is 10.3. The quantitative estimate of drug-likeness (QED) is 0.661. The number of nitrogens with one attached hydrogen (secondary N) is 1. The highest BCUT2D eigenvalue weighted by Gasteiger charge is 2.13. The fraction of sp³-hybridized carbons (Fsp3) is 0. The molecule has 1 aromatic heterocycles. The Labute approximate surface area is 124 Å². The molecule has 0 fully saturated rings. The summed E-state index contributed by atoms with van der Waals surface area (Å²) in [5, 5.41) is 8.37. The van der Waals surface area contributed by atoms with Crippen LogP contribution in [-0.4, -0.2) is 10.8 Å². The lowest BCUT2D eigenvalue weighted by Gasteiger charge is -2.10. The molecular weight excluding hydrogens is 309 g/mol. The largest absolute Gasteiger partial charge is 0.436 e. The Balaban J connectivity index is 2.38. The van der Waals surface area contributed by atoms with Gasteiger partial charge in [0.2, 0.25) is 5.88 Å². The molecule has 0 amide bonds. The van der Waals surface area contributed by atoms with Crippen molar-refractivity contribution in [3.05, 3.63) is 51.1 Å². The molecule has 4 nitrogen and oxygen atoms in total. The topological polar surface area (TPSA) is 72.0 Å². The number of pyridine rings is 1. The first-order valence-electron chi connectivity index (χ1n) is 5.11.